The van der Waals surface area contributed by atoms with E-state index in [0.717, 1.165) is 18.1 Å². The van der Waals surface area contributed by atoms with Crippen LogP contribution in [0.25, 0.3) is 0 Å². The summed E-state index contributed by atoms with van der Waals surface area (Å²) in [6, 6.07) is 0.598. The Labute approximate surface area is 119 Å². The quantitative estimate of drug-likeness (QED) is 0.885. The number of aromatic nitrogens is 2. The molecule has 1 saturated carbocycles. The summed E-state index contributed by atoms with van der Waals surface area (Å²) in [5.41, 5.74) is 0.870. The first-order valence-corrected chi connectivity index (χ1v) is 7.23. The summed E-state index contributed by atoms with van der Waals surface area (Å²) in [5, 5.41) is 3.31. The Morgan fingerprint density at radius 3 is 3.05 bits per heavy atom. The van der Waals surface area contributed by atoms with Gasteiger partial charge in [-0.15, -0.1) is 0 Å². The molecule has 6 heteroatoms. The molecule has 1 aliphatic heterocycles. The lowest BCUT2D eigenvalue weighted by atomic mass is 9.92. The van der Waals surface area contributed by atoms with E-state index in [1.807, 2.05) is 6.20 Å². The first-order valence-electron chi connectivity index (χ1n) is 7.23. The summed E-state index contributed by atoms with van der Waals surface area (Å²) in [7, 11) is 3.77. The van der Waals surface area contributed by atoms with Gasteiger partial charge in [-0.25, -0.2) is 0 Å². The van der Waals surface area contributed by atoms with E-state index in [2.05, 4.69) is 27.2 Å². The minimum atomic E-state index is -0.0141. The van der Waals surface area contributed by atoms with Crippen LogP contribution < -0.4 is 15.0 Å². The van der Waals surface area contributed by atoms with Gasteiger partial charge in [0.05, 0.1) is 12.8 Å². The minimum Gasteiger partial charge on any atom is -0.469 e. The van der Waals surface area contributed by atoms with E-state index < -0.39 is 0 Å². The lowest BCUT2D eigenvalue weighted by Gasteiger charge is -2.35. The zero-order valence-electron chi connectivity index (χ0n) is 12.1. The summed E-state index contributed by atoms with van der Waals surface area (Å²) < 4.78 is 11.1. The van der Waals surface area contributed by atoms with Gasteiger partial charge in [-0.1, -0.05) is 0 Å². The van der Waals surface area contributed by atoms with Crippen molar-refractivity contribution < 1.29 is 9.47 Å². The van der Waals surface area contributed by atoms with E-state index in [1.54, 1.807) is 7.11 Å². The fraction of sp³-hybridized carbons (Fsp3) is 0.714. The second-order valence-corrected chi connectivity index (χ2v) is 5.50. The SMILES string of the molecule is COC[C@H]1CNCc2ncc(N(C)C3CCC3)nc2O1. The molecule has 3 rings (SSSR count). The van der Waals surface area contributed by atoms with Gasteiger partial charge in [0.1, 0.15) is 11.8 Å². The van der Waals surface area contributed by atoms with Gasteiger partial charge in [0.2, 0.25) is 5.88 Å². The Morgan fingerprint density at radius 2 is 2.35 bits per heavy atom. The zero-order chi connectivity index (χ0) is 13.9. The molecular weight excluding hydrogens is 256 g/mol. The lowest BCUT2D eigenvalue weighted by Crippen LogP contribution is -2.37. The van der Waals surface area contributed by atoms with Crippen molar-refractivity contribution in [2.45, 2.75) is 38.0 Å². The fourth-order valence-corrected chi connectivity index (χ4v) is 2.56. The van der Waals surface area contributed by atoms with E-state index in [1.165, 1.54) is 19.3 Å². The number of anilines is 1. The second kappa shape index (κ2) is 5.93. The van der Waals surface area contributed by atoms with Crippen molar-refractivity contribution in [3.8, 4) is 5.88 Å². The third-order valence-corrected chi connectivity index (χ3v) is 4.08. The van der Waals surface area contributed by atoms with Crippen LogP contribution in [-0.4, -0.2) is 49.4 Å². The standard InChI is InChI=1S/C14H22N4O2/c1-18(10-4-3-5-10)13-8-16-12-7-15-6-11(9-19-2)20-14(12)17-13/h8,10-11,15H,3-7,9H2,1-2H3/t11-/m1/s1. The number of nitrogens with zero attached hydrogens (tertiary/aromatic N) is 3. The monoisotopic (exact) mass is 278 g/mol. The molecule has 1 aromatic rings. The molecule has 0 saturated heterocycles. The van der Waals surface area contributed by atoms with E-state index >= 15 is 0 Å². The molecule has 1 fully saturated rings. The van der Waals surface area contributed by atoms with Crippen LogP contribution in [0.2, 0.25) is 0 Å². The topological polar surface area (TPSA) is 59.5 Å². The molecule has 0 bridgehead atoms. The molecule has 1 atom stereocenters. The summed E-state index contributed by atoms with van der Waals surface area (Å²) in [6.45, 7) is 1.99. The highest BCUT2D eigenvalue weighted by Gasteiger charge is 2.25. The highest BCUT2D eigenvalue weighted by atomic mass is 16.5. The van der Waals surface area contributed by atoms with Gasteiger partial charge in [0.15, 0.2) is 5.82 Å². The Bertz CT molecular complexity index is 464. The summed E-state index contributed by atoms with van der Waals surface area (Å²) in [5.74, 6) is 1.53. The van der Waals surface area contributed by atoms with Crippen molar-refractivity contribution in [3.05, 3.63) is 11.9 Å². The van der Waals surface area contributed by atoms with E-state index in [9.17, 15) is 0 Å². The Kier molecular flexibility index (Phi) is 4.03. The highest BCUT2D eigenvalue weighted by molar-refractivity contribution is 5.40. The molecule has 110 valence electrons. The number of rotatable bonds is 4. The number of hydrogen-bond acceptors (Lipinski definition) is 6. The number of fused-ring (bicyclic) bond motifs is 1. The molecule has 2 aliphatic rings. The van der Waals surface area contributed by atoms with Gasteiger partial charge in [0, 0.05) is 33.3 Å². The number of nitrogens with one attached hydrogen (secondary N) is 1. The first kappa shape index (κ1) is 13.6. The average molecular weight is 278 g/mol. The van der Waals surface area contributed by atoms with Crippen LogP contribution in [-0.2, 0) is 11.3 Å². The van der Waals surface area contributed by atoms with Crippen LogP contribution in [0, 0.1) is 0 Å². The summed E-state index contributed by atoms with van der Waals surface area (Å²) in [4.78, 5) is 11.4. The molecule has 2 heterocycles. The molecule has 1 N–H and O–H groups in total. The van der Waals surface area contributed by atoms with Crippen molar-refractivity contribution in [3.63, 3.8) is 0 Å². The molecule has 0 aromatic carbocycles. The largest absolute Gasteiger partial charge is 0.469 e. The van der Waals surface area contributed by atoms with Crippen molar-refractivity contribution in [1.82, 2.24) is 15.3 Å². The van der Waals surface area contributed by atoms with Crippen molar-refractivity contribution in [2.24, 2.45) is 0 Å². The second-order valence-electron chi connectivity index (χ2n) is 5.50. The number of ether oxygens (including phenoxy) is 2. The van der Waals surface area contributed by atoms with Crippen LogP contribution in [0.4, 0.5) is 5.82 Å². The molecule has 20 heavy (non-hydrogen) atoms. The molecule has 6 nitrogen and oxygen atoms in total. The van der Waals surface area contributed by atoms with E-state index in [0.29, 0.717) is 25.1 Å². The maximum Gasteiger partial charge on any atom is 0.239 e. The Balaban J connectivity index is 1.79. The molecule has 1 aliphatic carbocycles. The smallest absolute Gasteiger partial charge is 0.239 e. The Morgan fingerprint density at radius 1 is 1.50 bits per heavy atom. The van der Waals surface area contributed by atoms with E-state index in [-0.39, 0.29) is 6.10 Å². The van der Waals surface area contributed by atoms with Crippen molar-refractivity contribution in [2.75, 3.05) is 32.2 Å². The average Bonchev–Trinajstić information content (AvgIpc) is 2.57. The van der Waals surface area contributed by atoms with E-state index in [4.69, 9.17) is 9.47 Å². The van der Waals surface area contributed by atoms with Crippen LogP contribution in [0.5, 0.6) is 5.88 Å². The zero-order valence-corrected chi connectivity index (χ0v) is 12.1. The highest BCUT2D eigenvalue weighted by Crippen LogP contribution is 2.28. The number of hydrogen-bond donors (Lipinski definition) is 1. The van der Waals surface area contributed by atoms with Gasteiger partial charge in [-0.05, 0) is 19.3 Å². The Hall–Kier alpha value is -1.40. The van der Waals surface area contributed by atoms with Gasteiger partial charge >= 0.3 is 0 Å². The predicted octanol–water partition coefficient (Wildman–Crippen LogP) is 0.962. The van der Waals surface area contributed by atoms with Crippen LogP contribution >= 0.6 is 0 Å². The molecule has 1 aromatic heterocycles. The number of methoxy groups -OCH3 is 1. The van der Waals surface area contributed by atoms with Crippen LogP contribution in [0.1, 0.15) is 25.0 Å². The third kappa shape index (κ3) is 2.71. The van der Waals surface area contributed by atoms with Crippen LogP contribution in [0.15, 0.2) is 6.20 Å². The van der Waals surface area contributed by atoms with Gasteiger partial charge in [0.25, 0.3) is 0 Å². The molecule has 0 amide bonds. The lowest BCUT2D eigenvalue weighted by molar-refractivity contribution is 0.0810. The maximum atomic E-state index is 5.93. The van der Waals surface area contributed by atoms with Crippen LogP contribution in [0.3, 0.4) is 0 Å². The summed E-state index contributed by atoms with van der Waals surface area (Å²) >= 11 is 0. The first-order chi connectivity index (χ1) is 9.78. The minimum absolute atomic E-state index is 0.0141. The van der Waals surface area contributed by atoms with Crippen molar-refractivity contribution in [1.29, 1.82) is 0 Å². The van der Waals surface area contributed by atoms with Gasteiger partial charge < -0.3 is 19.7 Å². The van der Waals surface area contributed by atoms with Gasteiger partial charge in [-0.2, -0.15) is 4.98 Å². The summed E-state index contributed by atoms with van der Waals surface area (Å²) in [6.07, 6.45) is 5.62. The maximum absolute atomic E-state index is 5.93. The molecule has 0 spiro atoms. The molecule has 0 unspecified atom stereocenters. The molecular formula is C14H22N4O2. The molecule has 0 radical (unpaired) electrons. The van der Waals surface area contributed by atoms with Gasteiger partial charge in [-0.3, -0.25) is 4.98 Å². The third-order valence-electron chi connectivity index (χ3n) is 4.08. The fourth-order valence-electron chi connectivity index (χ4n) is 2.56. The normalized spacial score (nSPS) is 22.4. The predicted molar refractivity (Wildman–Crippen MR) is 76.1 cm³/mol. The van der Waals surface area contributed by atoms with Crippen molar-refractivity contribution >= 4 is 5.82 Å².